The number of thiophene rings is 1. The third kappa shape index (κ3) is 4.91. The van der Waals surface area contributed by atoms with Gasteiger partial charge in [0.1, 0.15) is 4.21 Å². The molecule has 0 bridgehead atoms. The predicted molar refractivity (Wildman–Crippen MR) is 118 cm³/mol. The second-order valence-corrected chi connectivity index (χ2v) is 10.3. The zero-order valence-corrected chi connectivity index (χ0v) is 18.8. The zero-order valence-electron chi connectivity index (χ0n) is 17.2. The van der Waals surface area contributed by atoms with E-state index >= 15 is 0 Å². The lowest BCUT2D eigenvalue weighted by molar-refractivity contribution is -0.120. The van der Waals surface area contributed by atoms with E-state index in [9.17, 15) is 18.0 Å². The van der Waals surface area contributed by atoms with E-state index in [-0.39, 0.29) is 18.4 Å². The minimum atomic E-state index is -3.56. The van der Waals surface area contributed by atoms with Crippen LogP contribution in [0, 0.1) is 5.92 Å². The van der Waals surface area contributed by atoms with E-state index in [4.69, 9.17) is 0 Å². The summed E-state index contributed by atoms with van der Waals surface area (Å²) in [6.07, 6.45) is 1.28. The van der Waals surface area contributed by atoms with Gasteiger partial charge in [0, 0.05) is 37.4 Å². The first-order valence-corrected chi connectivity index (χ1v) is 12.4. The largest absolute Gasteiger partial charge is 0.339 e. The molecule has 7 nitrogen and oxygen atoms in total. The normalized spacial score (nSPS) is 17.5. The Balaban J connectivity index is 1.64. The van der Waals surface area contributed by atoms with Gasteiger partial charge in [-0.1, -0.05) is 6.07 Å². The minimum Gasteiger partial charge on any atom is -0.339 e. The van der Waals surface area contributed by atoms with Crippen LogP contribution in [0.5, 0.6) is 0 Å². The van der Waals surface area contributed by atoms with Gasteiger partial charge >= 0.3 is 0 Å². The van der Waals surface area contributed by atoms with Crippen molar-refractivity contribution in [3.05, 3.63) is 47.3 Å². The second-order valence-electron chi connectivity index (χ2n) is 7.18. The Morgan fingerprint density at radius 1 is 1.17 bits per heavy atom. The average Bonchev–Trinajstić information content (AvgIpc) is 3.31. The highest BCUT2D eigenvalue weighted by atomic mass is 32.2. The number of nitrogens with one attached hydrogen (secondary N) is 1. The fourth-order valence-electron chi connectivity index (χ4n) is 3.55. The number of hydrogen-bond acceptors (Lipinski definition) is 5. The molecule has 1 aromatic carbocycles. The first-order chi connectivity index (χ1) is 14.4. The number of rotatable bonds is 7. The molecule has 1 aromatic heterocycles. The summed E-state index contributed by atoms with van der Waals surface area (Å²) in [6, 6.07) is 10.1. The maximum absolute atomic E-state index is 12.7. The van der Waals surface area contributed by atoms with E-state index in [2.05, 4.69) is 5.32 Å². The molecule has 2 heterocycles. The van der Waals surface area contributed by atoms with Crippen LogP contribution in [-0.2, 0) is 14.8 Å². The SMILES string of the molecule is CCN(CC)C(=O)c1ccc(NC(=O)[C@@H]2CCCN(S(=O)(=O)c3cccs3)C2)cc1. The van der Waals surface area contributed by atoms with Gasteiger partial charge in [0.15, 0.2) is 0 Å². The van der Waals surface area contributed by atoms with Crippen molar-refractivity contribution in [1.29, 1.82) is 0 Å². The molecule has 0 radical (unpaired) electrons. The number of amides is 2. The highest BCUT2D eigenvalue weighted by Crippen LogP contribution is 2.27. The summed E-state index contributed by atoms with van der Waals surface area (Å²) in [5, 5.41) is 4.59. The number of sulfonamides is 1. The van der Waals surface area contributed by atoms with Gasteiger partial charge < -0.3 is 10.2 Å². The molecule has 1 fully saturated rings. The number of anilines is 1. The van der Waals surface area contributed by atoms with Crippen LogP contribution in [-0.4, -0.2) is 55.6 Å². The van der Waals surface area contributed by atoms with Crippen molar-refractivity contribution in [2.75, 3.05) is 31.5 Å². The van der Waals surface area contributed by atoms with E-state index in [0.29, 0.717) is 47.9 Å². The standard InChI is InChI=1S/C21H27N3O4S2/c1-3-23(4-2)21(26)16-9-11-18(12-10-16)22-20(25)17-7-5-13-24(15-17)30(27,28)19-8-6-14-29-19/h6,8-12,14,17H,3-5,7,13,15H2,1-2H3,(H,22,25)/t17-/m1/s1. The third-order valence-corrected chi connectivity index (χ3v) is 8.53. The van der Waals surface area contributed by atoms with Crippen LogP contribution < -0.4 is 5.32 Å². The Bertz CT molecular complexity index is 968. The van der Waals surface area contributed by atoms with Crippen molar-refractivity contribution in [3.63, 3.8) is 0 Å². The maximum Gasteiger partial charge on any atom is 0.253 e. The minimum absolute atomic E-state index is 0.0421. The fraction of sp³-hybridized carbons (Fsp3) is 0.429. The van der Waals surface area contributed by atoms with Crippen LogP contribution in [0.4, 0.5) is 5.69 Å². The number of benzene rings is 1. The van der Waals surface area contributed by atoms with Crippen molar-refractivity contribution in [2.24, 2.45) is 5.92 Å². The molecule has 0 saturated carbocycles. The average molecular weight is 450 g/mol. The predicted octanol–water partition coefficient (Wildman–Crippen LogP) is 3.27. The summed E-state index contributed by atoms with van der Waals surface area (Å²) >= 11 is 1.18. The molecule has 1 saturated heterocycles. The van der Waals surface area contributed by atoms with Crippen molar-refractivity contribution < 1.29 is 18.0 Å². The lowest BCUT2D eigenvalue weighted by Gasteiger charge is -2.30. The molecular formula is C21H27N3O4S2. The summed E-state index contributed by atoms with van der Waals surface area (Å²) in [4.78, 5) is 26.9. The summed E-state index contributed by atoms with van der Waals surface area (Å²) in [5.41, 5.74) is 1.16. The van der Waals surface area contributed by atoms with Gasteiger partial charge in [0.05, 0.1) is 5.92 Å². The smallest absolute Gasteiger partial charge is 0.253 e. The van der Waals surface area contributed by atoms with Crippen LogP contribution in [0.2, 0.25) is 0 Å². The number of carbonyl (C=O) groups excluding carboxylic acids is 2. The maximum atomic E-state index is 12.7. The van der Waals surface area contributed by atoms with E-state index < -0.39 is 15.9 Å². The molecule has 1 N–H and O–H groups in total. The molecule has 1 atom stereocenters. The van der Waals surface area contributed by atoms with Crippen LogP contribution >= 0.6 is 11.3 Å². The molecule has 3 rings (SSSR count). The molecule has 9 heteroatoms. The van der Waals surface area contributed by atoms with Crippen LogP contribution in [0.1, 0.15) is 37.0 Å². The quantitative estimate of drug-likeness (QED) is 0.703. The Morgan fingerprint density at radius 3 is 2.47 bits per heavy atom. The Kier molecular flexibility index (Phi) is 7.27. The monoisotopic (exact) mass is 449 g/mol. The molecular weight excluding hydrogens is 422 g/mol. The van der Waals surface area contributed by atoms with Gasteiger partial charge in [-0.25, -0.2) is 8.42 Å². The van der Waals surface area contributed by atoms with Gasteiger partial charge in [-0.3, -0.25) is 9.59 Å². The Morgan fingerprint density at radius 2 is 1.87 bits per heavy atom. The third-order valence-electron chi connectivity index (χ3n) is 5.29. The van der Waals surface area contributed by atoms with E-state index in [1.165, 1.54) is 15.6 Å². The first-order valence-electron chi connectivity index (χ1n) is 10.1. The summed E-state index contributed by atoms with van der Waals surface area (Å²) in [6.45, 7) is 5.74. The first kappa shape index (κ1) is 22.5. The van der Waals surface area contributed by atoms with Crippen LogP contribution in [0.3, 0.4) is 0 Å². The number of carbonyl (C=O) groups is 2. The molecule has 162 valence electrons. The van der Waals surface area contributed by atoms with E-state index in [1.54, 1.807) is 46.7 Å². The van der Waals surface area contributed by atoms with Gasteiger partial charge in [-0.2, -0.15) is 4.31 Å². The molecule has 2 aromatic rings. The van der Waals surface area contributed by atoms with Crippen LogP contribution in [0.15, 0.2) is 46.0 Å². The lowest BCUT2D eigenvalue weighted by atomic mass is 9.98. The van der Waals surface area contributed by atoms with Gasteiger partial charge in [-0.15, -0.1) is 11.3 Å². The van der Waals surface area contributed by atoms with Crippen molar-refractivity contribution in [2.45, 2.75) is 30.9 Å². The molecule has 0 unspecified atom stereocenters. The fourth-order valence-corrected chi connectivity index (χ4v) is 6.21. The van der Waals surface area contributed by atoms with Gasteiger partial charge in [-0.05, 0) is 62.4 Å². The number of piperidine rings is 1. The molecule has 30 heavy (non-hydrogen) atoms. The zero-order chi connectivity index (χ0) is 21.7. The lowest BCUT2D eigenvalue weighted by Crippen LogP contribution is -2.43. The molecule has 0 aliphatic carbocycles. The Labute approximate surface area is 181 Å². The molecule has 2 amide bonds. The van der Waals surface area contributed by atoms with Crippen molar-refractivity contribution >= 4 is 38.9 Å². The van der Waals surface area contributed by atoms with Gasteiger partial charge in [0.25, 0.3) is 15.9 Å². The molecule has 1 aliphatic heterocycles. The molecule has 1 aliphatic rings. The van der Waals surface area contributed by atoms with Crippen LogP contribution in [0.25, 0.3) is 0 Å². The molecule has 0 spiro atoms. The van der Waals surface area contributed by atoms with E-state index in [0.717, 1.165) is 0 Å². The highest BCUT2D eigenvalue weighted by molar-refractivity contribution is 7.91. The number of nitrogens with zero attached hydrogens (tertiary/aromatic N) is 2. The summed E-state index contributed by atoms with van der Waals surface area (Å²) < 4.78 is 27.2. The summed E-state index contributed by atoms with van der Waals surface area (Å²) in [7, 11) is -3.56. The number of hydrogen-bond donors (Lipinski definition) is 1. The summed E-state index contributed by atoms with van der Waals surface area (Å²) in [5.74, 6) is -0.658. The van der Waals surface area contributed by atoms with Gasteiger partial charge in [0.2, 0.25) is 5.91 Å². The van der Waals surface area contributed by atoms with Crippen molar-refractivity contribution in [3.8, 4) is 0 Å². The van der Waals surface area contributed by atoms with E-state index in [1.807, 2.05) is 13.8 Å². The second kappa shape index (κ2) is 9.72. The van der Waals surface area contributed by atoms with Crippen molar-refractivity contribution in [1.82, 2.24) is 9.21 Å². The highest BCUT2D eigenvalue weighted by Gasteiger charge is 2.33. The Hall–Kier alpha value is -2.23. The topological polar surface area (TPSA) is 86.8 Å².